The van der Waals surface area contributed by atoms with E-state index in [4.69, 9.17) is 0 Å². The van der Waals surface area contributed by atoms with Gasteiger partial charge in [0.15, 0.2) is 0 Å². The predicted octanol–water partition coefficient (Wildman–Crippen LogP) is 4.54. The molecule has 0 bridgehead atoms. The van der Waals surface area contributed by atoms with Gasteiger partial charge in [-0.05, 0) is 24.6 Å². The molecule has 4 nitrogen and oxygen atoms in total. The fraction of sp³-hybridized carbons (Fsp3) is 0.0667. The number of fused-ring (bicyclic) bond motifs is 1. The Kier molecular flexibility index (Phi) is 3.20. The van der Waals surface area contributed by atoms with Crippen molar-refractivity contribution >= 4 is 28.4 Å². The van der Waals surface area contributed by atoms with E-state index >= 15 is 0 Å². The van der Waals surface area contributed by atoms with Crippen LogP contribution in [0.4, 0.5) is 5.69 Å². The molecule has 1 N–H and O–H groups in total. The summed E-state index contributed by atoms with van der Waals surface area (Å²) in [5, 5.41) is 13.1. The van der Waals surface area contributed by atoms with Crippen LogP contribution in [0.5, 0.6) is 0 Å². The van der Waals surface area contributed by atoms with Crippen LogP contribution in [0.15, 0.2) is 58.5 Å². The standard InChI is InChI=1S/C15H12N2O2S/c1-10-11-6-2-3-7-12(11)16-15(10)20-14-9-5-4-8-13(14)17(18)19/h2-9,16H,1H3. The molecular weight excluding hydrogens is 272 g/mol. The van der Waals surface area contributed by atoms with E-state index < -0.39 is 0 Å². The van der Waals surface area contributed by atoms with Gasteiger partial charge in [-0.15, -0.1) is 0 Å². The Labute approximate surface area is 120 Å². The molecule has 1 aromatic heterocycles. The maximum Gasteiger partial charge on any atom is 0.283 e. The second kappa shape index (κ2) is 5.02. The van der Waals surface area contributed by atoms with E-state index in [0.717, 1.165) is 21.5 Å². The van der Waals surface area contributed by atoms with Crippen molar-refractivity contribution in [3.05, 3.63) is 64.2 Å². The second-order valence-corrected chi connectivity index (χ2v) is 5.50. The monoisotopic (exact) mass is 284 g/mol. The number of H-pyrrole nitrogens is 1. The molecule has 5 heteroatoms. The number of rotatable bonds is 3. The first-order valence-corrected chi connectivity index (χ1v) is 6.97. The van der Waals surface area contributed by atoms with Crippen molar-refractivity contribution in [2.24, 2.45) is 0 Å². The predicted molar refractivity (Wildman–Crippen MR) is 80.3 cm³/mol. The number of benzene rings is 2. The molecule has 0 aliphatic carbocycles. The van der Waals surface area contributed by atoms with E-state index in [-0.39, 0.29) is 10.6 Å². The second-order valence-electron chi connectivity index (χ2n) is 4.45. The minimum Gasteiger partial charge on any atom is -0.349 e. The lowest BCUT2D eigenvalue weighted by atomic mass is 10.2. The van der Waals surface area contributed by atoms with Crippen molar-refractivity contribution in [3.63, 3.8) is 0 Å². The van der Waals surface area contributed by atoms with Gasteiger partial charge in [-0.1, -0.05) is 42.1 Å². The zero-order chi connectivity index (χ0) is 14.1. The lowest BCUT2D eigenvalue weighted by molar-refractivity contribution is -0.387. The van der Waals surface area contributed by atoms with Gasteiger partial charge >= 0.3 is 0 Å². The molecule has 100 valence electrons. The first kappa shape index (κ1) is 12.7. The maximum absolute atomic E-state index is 11.1. The van der Waals surface area contributed by atoms with Gasteiger partial charge in [-0.3, -0.25) is 10.1 Å². The van der Waals surface area contributed by atoms with Crippen molar-refractivity contribution in [3.8, 4) is 0 Å². The van der Waals surface area contributed by atoms with Crippen LogP contribution in [0.25, 0.3) is 10.9 Å². The fourth-order valence-corrected chi connectivity index (χ4v) is 3.20. The summed E-state index contributed by atoms with van der Waals surface area (Å²) in [7, 11) is 0. The number of nitro benzene ring substituents is 1. The highest BCUT2D eigenvalue weighted by atomic mass is 32.2. The Balaban J connectivity index is 2.06. The third-order valence-electron chi connectivity index (χ3n) is 3.19. The summed E-state index contributed by atoms with van der Waals surface area (Å²) in [6, 6.07) is 14.8. The molecule has 0 saturated carbocycles. The Hall–Kier alpha value is -2.27. The number of nitro groups is 1. The quantitative estimate of drug-likeness (QED) is 0.567. The molecule has 0 unspecified atom stereocenters. The van der Waals surface area contributed by atoms with Crippen LogP contribution in [0.3, 0.4) is 0 Å². The van der Waals surface area contributed by atoms with Gasteiger partial charge in [0.1, 0.15) is 0 Å². The first-order valence-electron chi connectivity index (χ1n) is 6.15. The van der Waals surface area contributed by atoms with E-state index in [9.17, 15) is 10.1 Å². The van der Waals surface area contributed by atoms with Crippen molar-refractivity contribution in [2.75, 3.05) is 0 Å². The lowest BCUT2D eigenvalue weighted by Crippen LogP contribution is -1.90. The van der Waals surface area contributed by atoms with Gasteiger partial charge in [0.25, 0.3) is 5.69 Å². The average Bonchev–Trinajstić information content (AvgIpc) is 2.76. The van der Waals surface area contributed by atoms with E-state index in [1.165, 1.54) is 17.8 Å². The third kappa shape index (κ3) is 2.16. The molecular formula is C15H12N2O2S. The molecule has 0 amide bonds. The van der Waals surface area contributed by atoms with E-state index in [0.29, 0.717) is 4.90 Å². The zero-order valence-electron chi connectivity index (χ0n) is 10.8. The smallest absolute Gasteiger partial charge is 0.283 e. The highest BCUT2D eigenvalue weighted by Gasteiger charge is 2.16. The van der Waals surface area contributed by atoms with Crippen LogP contribution in [0.1, 0.15) is 5.56 Å². The number of aryl methyl sites for hydroxylation is 1. The summed E-state index contributed by atoms with van der Waals surface area (Å²) in [6.45, 7) is 2.02. The number of nitrogens with one attached hydrogen (secondary N) is 1. The molecule has 3 rings (SSSR count). The van der Waals surface area contributed by atoms with Gasteiger partial charge in [0.05, 0.1) is 14.8 Å². The van der Waals surface area contributed by atoms with Gasteiger partial charge in [0, 0.05) is 17.0 Å². The van der Waals surface area contributed by atoms with Crippen molar-refractivity contribution in [1.82, 2.24) is 4.98 Å². The molecule has 0 fully saturated rings. The molecule has 0 aliphatic heterocycles. The summed E-state index contributed by atoms with van der Waals surface area (Å²) in [5.74, 6) is 0. The summed E-state index contributed by atoms with van der Waals surface area (Å²) in [5.41, 5.74) is 2.30. The van der Waals surface area contributed by atoms with Crippen LogP contribution in [-0.4, -0.2) is 9.91 Å². The largest absolute Gasteiger partial charge is 0.349 e. The van der Waals surface area contributed by atoms with Gasteiger partial charge in [-0.2, -0.15) is 0 Å². The van der Waals surface area contributed by atoms with Crippen LogP contribution in [0.2, 0.25) is 0 Å². The Morgan fingerprint density at radius 3 is 2.55 bits per heavy atom. The molecule has 0 aliphatic rings. The van der Waals surface area contributed by atoms with Crippen LogP contribution >= 0.6 is 11.8 Å². The molecule has 2 aromatic carbocycles. The normalized spacial score (nSPS) is 10.8. The Bertz CT molecular complexity index is 795. The summed E-state index contributed by atoms with van der Waals surface area (Å²) < 4.78 is 0. The van der Waals surface area contributed by atoms with E-state index in [1.54, 1.807) is 12.1 Å². The van der Waals surface area contributed by atoms with Crippen molar-refractivity contribution < 1.29 is 4.92 Å². The van der Waals surface area contributed by atoms with Gasteiger partial charge < -0.3 is 4.98 Å². The number of hydrogen-bond acceptors (Lipinski definition) is 3. The molecule has 0 radical (unpaired) electrons. The number of hydrogen-bond donors (Lipinski definition) is 1. The SMILES string of the molecule is Cc1c(Sc2ccccc2[N+](=O)[O-])[nH]c2ccccc12. The molecule has 20 heavy (non-hydrogen) atoms. The van der Waals surface area contributed by atoms with Crippen molar-refractivity contribution in [1.29, 1.82) is 0 Å². The maximum atomic E-state index is 11.1. The minimum atomic E-state index is -0.347. The number of nitrogens with zero attached hydrogens (tertiary/aromatic N) is 1. The number of para-hydroxylation sites is 2. The first-order chi connectivity index (χ1) is 9.66. The zero-order valence-corrected chi connectivity index (χ0v) is 11.6. The number of aromatic nitrogens is 1. The van der Waals surface area contributed by atoms with Crippen LogP contribution < -0.4 is 0 Å². The summed E-state index contributed by atoms with van der Waals surface area (Å²) in [4.78, 5) is 14.7. The summed E-state index contributed by atoms with van der Waals surface area (Å²) in [6.07, 6.45) is 0. The number of aromatic amines is 1. The Morgan fingerprint density at radius 1 is 1.10 bits per heavy atom. The molecule has 0 saturated heterocycles. The van der Waals surface area contributed by atoms with Gasteiger partial charge in [0.2, 0.25) is 0 Å². The average molecular weight is 284 g/mol. The van der Waals surface area contributed by atoms with Crippen LogP contribution in [-0.2, 0) is 0 Å². The molecule has 0 spiro atoms. The topological polar surface area (TPSA) is 58.9 Å². The molecule has 3 aromatic rings. The lowest BCUT2D eigenvalue weighted by Gasteiger charge is -2.02. The van der Waals surface area contributed by atoms with Crippen molar-refractivity contribution in [2.45, 2.75) is 16.8 Å². The fourth-order valence-electron chi connectivity index (χ4n) is 2.16. The highest BCUT2D eigenvalue weighted by Crippen LogP contribution is 2.37. The van der Waals surface area contributed by atoms with Crippen LogP contribution in [0, 0.1) is 17.0 Å². The third-order valence-corrected chi connectivity index (χ3v) is 4.37. The van der Waals surface area contributed by atoms with E-state index in [2.05, 4.69) is 4.98 Å². The molecule has 1 heterocycles. The minimum absolute atomic E-state index is 0.135. The van der Waals surface area contributed by atoms with Gasteiger partial charge in [-0.25, -0.2) is 0 Å². The summed E-state index contributed by atoms with van der Waals surface area (Å²) >= 11 is 1.40. The highest BCUT2D eigenvalue weighted by molar-refractivity contribution is 7.99. The molecule has 0 atom stereocenters. The Morgan fingerprint density at radius 2 is 1.80 bits per heavy atom. The van der Waals surface area contributed by atoms with E-state index in [1.807, 2.05) is 37.3 Å².